The average molecular weight is 471 g/mol. The van der Waals surface area contributed by atoms with Crippen LogP contribution in [0, 0.1) is 5.92 Å². The van der Waals surface area contributed by atoms with Crippen LogP contribution in [0.15, 0.2) is 48.5 Å². The molecular weight excluding hydrogens is 446 g/mol. The van der Waals surface area contributed by atoms with Crippen molar-refractivity contribution >= 4 is 17.3 Å². The van der Waals surface area contributed by atoms with E-state index < -0.39 is 12.3 Å². The molecule has 172 valence electrons. The molecule has 0 bridgehead atoms. The highest BCUT2D eigenvalue weighted by Gasteiger charge is 2.31. The molecule has 0 aliphatic carbocycles. The Balaban J connectivity index is 1.39. The first-order valence-corrected chi connectivity index (χ1v) is 11.4. The van der Waals surface area contributed by atoms with Gasteiger partial charge in [0.2, 0.25) is 12.3 Å². The average Bonchev–Trinajstić information content (AvgIpc) is 3.46. The largest absolute Gasteiger partial charge is 0.481 e. The SMILES string of the molecule is COc1nc(CN2CCC(C(F)F)C2)nc2c1CN(c1cccc(-c3ccccc3)c1Cl)C2. The maximum Gasteiger partial charge on any atom is 0.242 e. The van der Waals surface area contributed by atoms with E-state index >= 15 is 0 Å². The van der Waals surface area contributed by atoms with Crippen LogP contribution in [0.2, 0.25) is 5.02 Å². The van der Waals surface area contributed by atoms with Crippen LogP contribution in [-0.4, -0.2) is 41.5 Å². The molecule has 0 spiro atoms. The second-order valence-electron chi connectivity index (χ2n) is 8.55. The molecule has 2 aliphatic rings. The maximum atomic E-state index is 13.0. The van der Waals surface area contributed by atoms with Crippen molar-refractivity contribution in [2.24, 2.45) is 5.92 Å². The lowest BCUT2D eigenvalue weighted by Crippen LogP contribution is -2.23. The van der Waals surface area contributed by atoms with Crippen LogP contribution < -0.4 is 9.64 Å². The zero-order valence-corrected chi connectivity index (χ0v) is 19.1. The van der Waals surface area contributed by atoms with Gasteiger partial charge in [0, 0.05) is 18.0 Å². The normalized spacial score (nSPS) is 18.2. The summed E-state index contributed by atoms with van der Waals surface area (Å²) in [6, 6.07) is 16.1. The lowest BCUT2D eigenvalue weighted by atomic mass is 10.0. The van der Waals surface area contributed by atoms with Crippen molar-refractivity contribution in [2.75, 3.05) is 25.1 Å². The second-order valence-corrected chi connectivity index (χ2v) is 8.93. The molecule has 1 unspecified atom stereocenters. The van der Waals surface area contributed by atoms with E-state index in [0.717, 1.165) is 28.1 Å². The molecule has 0 N–H and O–H groups in total. The number of fused-ring (bicyclic) bond motifs is 1. The van der Waals surface area contributed by atoms with Gasteiger partial charge in [-0.05, 0) is 24.6 Å². The number of hydrogen-bond acceptors (Lipinski definition) is 5. The Morgan fingerprint density at radius 3 is 2.64 bits per heavy atom. The Kier molecular flexibility index (Phi) is 6.17. The highest BCUT2D eigenvalue weighted by Crippen LogP contribution is 2.40. The molecule has 5 nitrogen and oxygen atoms in total. The Morgan fingerprint density at radius 1 is 1.09 bits per heavy atom. The van der Waals surface area contributed by atoms with Crippen LogP contribution >= 0.6 is 11.6 Å². The first kappa shape index (κ1) is 22.0. The van der Waals surface area contributed by atoms with Crippen LogP contribution in [0.5, 0.6) is 5.88 Å². The third kappa shape index (κ3) is 4.39. The summed E-state index contributed by atoms with van der Waals surface area (Å²) in [5.41, 5.74) is 4.80. The standard InChI is InChI=1S/C25H25ClF2N4O/c1-33-25-19-13-32(21-9-5-8-18(23(21)26)16-6-3-2-4-7-16)14-20(19)29-22(30-25)15-31-11-10-17(12-31)24(27)28/h2-9,17,24H,10-15H2,1H3. The monoisotopic (exact) mass is 470 g/mol. The number of methoxy groups -OCH3 is 1. The number of nitrogens with zero attached hydrogens (tertiary/aromatic N) is 4. The maximum absolute atomic E-state index is 13.0. The zero-order chi connectivity index (χ0) is 22.9. The van der Waals surface area contributed by atoms with Crippen LogP contribution in [0.3, 0.4) is 0 Å². The van der Waals surface area contributed by atoms with Gasteiger partial charge < -0.3 is 9.64 Å². The van der Waals surface area contributed by atoms with Gasteiger partial charge in [0.1, 0.15) is 5.82 Å². The molecule has 0 amide bonds. The number of rotatable bonds is 6. The minimum absolute atomic E-state index is 0.369. The molecule has 1 atom stereocenters. The van der Waals surface area contributed by atoms with Crippen molar-refractivity contribution in [3.8, 4) is 17.0 Å². The number of alkyl halides is 2. The van der Waals surface area contributed by atoms with Gasteiger partial charge in [-0.3, -0.25) is 4.90 Å². The molecule has 1 fully saturated rings. The van der Waals surface area contributed by atoms with Crippen LogP contribution in [0.1, 0.15) is 23.5 Å². The number of ether oxygens (including phenoxy) is 1. The van der Waals surface area contributed by atoms with Gasteiger partial charge in [0.25, 0.3) is 0 Å². The molecule has 3 heterocycles. The smallest absolute Gasteiger partial charge is 0.242 e. The first-order chi connectivity index (χ1) is 16.0. The van der Waals surface area contributed by atoms with Crippen molar-refractivity contribution in [2.45, 2.75) is 32.5 Å². The molecule has 5 rings (SSSR count). The Morgan fingerprint density at radius 2 is 1.91 bits per heavy atom. The summed E-state index contributed by atoms with van der Waals surface area (Å²) in [6.45, 7) is 2.62. The zero-order valence-electron chi connectivity index (χ0n) is 18.3. The minimum Gasteiger partial charge on any atom is -0.481 e. The van der Waals surface area contributed by atoms with Crippen molar-refractivity contribution in [3.05, 3.63) is 70.6 Å². The van der Waals surface area contributed by atoms with E-state index in [4.69, 9.17) is 21.3 Å². The summed E-state index contributed by atoms with van der Waals surface area (Å²) in [4.78, 5) is 13.5. The fourth-order valence-electron chi connectivity index (χ4n) is 4.70. The first-order valence-electron chi connectivity index (χ1n) is 11.1. The van der Waals surface area contributed by atoms with Crippen molar-refractivity contribution in [3.63, 3.8) is 0 Å². The lowest BCUT2D eigenvalue weighted by Gasteiger charge is -2.20. The summed E-state index contributed by atoms with van der Waals surface area (Å²) in [6.07, 6.45) is -1.78. The third-order valence-electron chi connectivity index (χ3n) is 6.42. The molecule has 2 aliphatic heterocycles. The Hall–Kier alpha value is -2.77. The van der Waals surface area contributed by atoms with E-state index in [0.29, 0.717) is 55.9 Å². The summed E-state index contributed by atoms with van der Waals surface area (Å²) in [5, 5.41) is 0.693. The fraction of sp³-hybridized carbons (Fsp3) is 0.360. The highest BCUT2D eigenvalue weighted by molar-refractivity contribution is 6.36. The summed E-state index contributed by atoms with van der Waals surface area (Å²) >= 11 is 6.85. The molecule has 1 aromatic heterocycles. The van der Waals surface area contributed by atoms with Crippen molar-refractivity contribution in [1.82, 2.24) is 14.9 Å². The summed E-state index contributed by atoms with van der Waals surface area (Å²) in [7, 11) is 1.60. The predicted octanol–water partition coefficient (Wildman–Crippen LogP) is 5.41. The topological polar surface area (TPSA) is 41.5 Å². The van der Waals surface area contributed by atoms with Crippen LogP contribution in [0.25, 0.3) is 11.1 Å². The quantitative estimate of drug-likeness (QED) is 0.481. The molecule has 3 aromatic rings. The Labute approximate surface area is 197 Å². The number of anilines is 1. The molecule has 33 heavy (non-hydrogen) atoms. The number of benzene rings is 2. The number of halogens is 3. The fourth-order valence-corrected chi connectivity index (χ4v) is 5.05. The van der Waals surface area contributed by atoms with Gasteiger partial charge in [0.05, 0.1) is 48.7 Å². The van der Waals surface area contributed by atoms with Crippen molar-refractivity contribution < 1.29 is 13.5 Å². The molecule has 2 aromatic carbocycles. The molecular formula is C25H25ClF2N4O. The van der Waals surface area contributed by atoms with E-state index in [1.807, 2.05) is 53.4 Å². The van der Waals surface area contributed by atoms with Gasteiger partial charge in [-0.15, -0.1) is 0 Å². The van der Waals surface area contributed by atoms with Gasteiger partial charge >= 0.3 is 0 Å². The molecule has 1 saturated heterocycles. The number of likely N-dealkylation sites (tertiary alicyclic amines) is 1. The van der Waals surface area contributed by atoms with Gasteiger partial charge in [0.15, 0.2) is 0 Å². The van der Waals surface area contributed by atoms with E-state index in [-0.39, 0.29) is 0 Å². The minimum atomic E-state index is -2.28. The molecule has 0 saturated carbocycles. The highest BCUT2D eigenvalue weighted by atomic mass is 35.5. The van der Waals surface area contributed by atoms with Gasteiger partial charge in [-0.2, -0.15) is 4.98 Å². The molecule has 8 heteroatoms. The third-order valence-corrected chi connectivity index (χ3v) is 6.82. The number of hydrogen-bond donors (Lipinski definition) is 0. The van der Waals surface area contributed by atoms with Gasteiger partial charge in [-0.1, -0.05) is 54.1 Å². The van der Waals surface area contributed by atoms with E-state index in [9.17, 15) is 8.78 Å². The number of aromatic nitrogens is 2. The lowest BCUT2D eigenvalue weighted by molar-refractivity contribution is 0.0801. The van der Waals surface area contributed by atoms with Gasteiger partial charge in [-0.25, -0.2) is 13.8 Å². The van der Waals surface area contributed by atoms with Crippen LogP contribution in [-0.2, 0) is 19.6 Å². The summed E-state index contributed by atoms with van der Waals surface area (Å²) < 4.78 is 31.6. The molecule has 0 radical (unpaired) electrons. The van der Waals surface area contributed by atoms with E-state index in [2.05, 4.69) is 9.88 Å². The van der Waals surface area contributed by atoms with Crippen molar-refractivity contribution in [1.29, 1.82) is 0 Å². The second kappa shape index (κ2) is 9.23. The Bertz CT molecular complexity index is 1140. The van der Waals surface area contributed by atoms with E-state index in [1.165, 1.54) is 0 Å². The predicted molar refractivity (Wildman–Crippen MR) is 125 cm³/mol. The van der Waals surface area contributed by atoms with Crippen LogP contribution in [0.4, 0.5) is 14.5 Å². The van der Waals surface area contributed by atoms with E-state index in [1.54, 1.807) is 7.11 Å². The summed E-state index contributed by atoms with van der Waals surface area (Å²) in [5.74, 6) is 0.569.